The number of carbonyl (C=O) groups excluding carboxylic acids is 1. The molecule has 2 aromatic heterocycles. The topological polar surface area (TPSA) is 97.0 Å². The van der Waals surface area contributed by atoms with Gasteiger partial charge in [-0.2, -0.15) is 5.10 Å². The summed E-state index contributed by atoms with van der Waals surface area (Å²) in [6.45, 7) is 0.676. The van der Waals surface area contributed by atoms with Gasteiger partial charge in [-0.05, 0) is 43.2 Å². The quantitative estimate of drug-likeness (QED) is 0.751. The zero-order valence-electron chi connectivity index (χ0n) is 15.5. The lowest BCUT2D eigenvalue weighted by Crippen LogP contribution is -2.34. The summed E-state index contributed by atoms with van der Waals surface area (Å²) in [6.07, 6.45) is 6.35. The van der Waals surface area contributed by atoms with Crippen LogP contribution in [0.25, 0.3) is 11.3 Å². The van der Waals surface area contributed by atoms with Crippen molar-refractivity contribution in [2.75, 3.05) is 6.54 Å². The van der Waals surface area contributed by atoms with Crippen molar-refractivity contribution < 1.29 is 9.21 Å². The van der Waals surface area contributed by atoms with E-state index in [0.717, 1.165) is 12.0 Å². The molecule has 1 aliphatic heterocycles. The number of hydrogen-bond donors (Lipinski definition) is 1. The fourth-order valence-corrected chi connectivity index (χ4v) is 4.32. The zero-order valence-corrected chi connectivity index (χ0v) is 15.5. The molecule has 2 aliphatic rings. The average Bonchev–Trinajstić information content (AvgIpc) is 3.11. The Kier molecular flexibility index (Phi) is 3.92. The summed E-state index contributed by atoms with van der Waals surface area (Å²) >= 11 is 0. The molecule has 8 nitrogen and oxygen atoms in total. The molecule has 144 valence electrons. The van der Waals surface area contributed by atoms with E-state index in [-0.39, 0.29) is 17.6 Å². The molecule has 2 unspecified atom stereocenters. The summed E-state index contributed by atoms with van der Waals surface area (Å²) in [6, 6.07) is 7.18. The van der Waals surface area contributed by atoms with Crippen LogP contribution < -0.4 is 5.69 Å². The number of amides is 1. The minimum absolute atomic E-state index is 0.0345. The number of aromatic amines is 1. The highest BCUT2D eigenvalue weighted by Gasteiger charge is 2.47. The van der Waals surface area contributed by atoms with E-state index in [2.05, 4.69) is 15.2 Å². The normalized spacial score (nSPS) is 22.0. The van der Waals surface area contributed by atoms with Crippen molar-refractivity contribution in [3.05, 3.63) is 58.7 Å². The van der Waals surface area contributed by atoms with Crippen LogP contribution in [-0.2, 0) is 7.05 Å². The molecule has 3 aromatic rings. The van der Waals surface area contributed by atoms with Crippen molar-refractivity contribution >= 4 is 5.91 Å². The number of oxazole rings is 1. The number of hydrogen-bond acceptors (Lipinski definition) is 5. The molecule has 2 fully saturated rings. The summed E-state index contributed by atoms with van der Waals surface area (Å²) in [5.41, 5.74) is 1.24. The van der Waals surface area contributed by atoms with Gasteiger partial charge in [0.25, 0.3) is 5.91 Å². The number of benzene rings is 1. The first kappa shape index (κ1) is 17.0. The minimum atomic E-state index is -0.250. The van der Waals surface area contributed by atoms with Crippen molar-refractivity contribution in [1.29, 1.82) is 0 Å². The maximum Gasteiger partial charge on any atom is 0.343 e. The lowest BCUT2D eigenvalue weighted by molar-refractivity contribution is 0.0701. The first-order valence-electron chi connectivity index (χ1n) is 9.54. The molecule has 0 radical (unpaired) electrons. The van der Waals surface area contributed by atoms with Crippen LogP contribution in [0.2, 0.25) is 0 Å². The molecule has 5 rings (SSSR count). The first-order chi connectivity index (χ1) is 13.6. The summed E-state index contributed by atoms with van der Waals surface area (Å²) in [5, 5.41) is 6.76. The van der Waals surface area contributed by atoms with Crippen LogP contribution in [-0.4, -0.2) is 37.1 Å². The van der Waals surface area contributed by atoms with Gasteiger partial charge in [0.2, 0.25) is 0 Å². The Balaban J connectivity index is 1.46. The Morgan fingerprint density at radius 1 is 1.21 bits per heavy atom. The number of nitrogens with one attached hydrogen (secondary N) is 1. The smallest absolute Gasteiger partial charge is 0.343 e. The molecular formula is C20H21N5O3. The van der Waals surface area contributed by atoms with Gasteiger partial charge < -0.3 is 9.32 Å². The lowest BCUT2D eigenvalue weighted by Gasteiger charge is -2.27. The largest absolute Gasteiger partial charge is 0.444 e. The molecule has 1 saturated heterocycles. The van der Waals surface area contributed by atoms with Gasteiger partial charge in [-0.15, -0.1) is 0 Å². The molecule has 1 aliphatic carbocycles. The monoisotopic (exact) mass is 379 g/mol. The van der Waals surface area contributed by atoms with Crippen LogP contribution in [0.4, 0.5) is 0 Å². The molecule has 0 spiro atoms. The summed E-state index contributed by atoms with van der Waals surface area (Å²) < 4.78 is 6.83. The highest BCUT2D eigenvalue weighted by atomic mass is 16.3. The van der Waals surface area contributed by atoms with Gasteiger partial charge in [0.15, 0.2) is 18.0 Å². The zero-order chi connectivity index (χ0) is 19.3. The Bertz CT molecular complexity index is 1050. The summed E-state index contributed by atoms with van der Waals surface area (Å²) in [7, 11) is 1.71. The second-order valence-electron chi connectivity index (χ2n) is 7.62. The minimum Gasteiger partial charge on any atom is -0.444 e. The average molecular weight is 379 g/mol. The van der Waals surface area contributed by atoms with Crippen LogP contribution in [0.3, 0.4) is 0 Å². The predicted molar refractivity (Wildman–Crippen MR) is 100 cm³/mol. The molecule has 0 bridgehead atoms. The van der Waals surface area contributed by atoms with Crippen LogP contribution in [0.15, 0.2) is 46.1 Å². The van der Waals surface area contributed by atoms with Gasteiger partial charge in [0.1, 0.15) is 0 Å². The second kappa shape index (κ2) is 6.47. The third kappa shape index (κ3) is 2.76. The van der Waals surface area contributed by atoms with E-state index in [9.17, 15) is 9.59 Å². The lowest BCUT2D eigenvalue weighted by atomic mass is 9.94. The molecule has 28 heavy (non-hydrogen) atoms. The van der Waals surface area contributed by atoms with E-state index < -0.39 is 0 Å². The fourth-order valence-electron chi connectivity index (χ4n) is 4.32. The number of aromatic nitrogens is 4. The molecule has 8 heteroatoms. The number of rotatable bonds is 4. The van der Waals surface area contributed by atoms with Crippen LogP contribution in [0, 0.1) is 11.8 Å². The van der Waals surface area contributed by atoms with Gasteiger partial charge in [-0.1, -0.05) is 12.1 Å². The van der Waals surface area contributed by atoms with Crippen LogP contribution >= 0.6 is 0 Å². The van der Waals surface area contributed by atoms with Crippen molar-refractivity contribution in [2.24, 2.45) is 18.9 Å². The molecule has 1 amide bonds. The van der Waals surface area contributed by atoms with Gasteiger partial charge in [-0.25, -0.2) is 14.9 Å². The van der Waals surface area contributed by atoms with Crippen molar-refractivity contribution in [2.45, 2.75) is 25.3 Å². The second-order valence-corrected chi connectivity index (χ2v) is 7.62. The number of H-pyrrole nitrogens is 1. The number of carbonyl (C=O) groups is 1. The molecule has 1 saturated carbocycles. The van der Waals surface area contributed by atoms with Crippen molar-refractivity contribution in [3.63, 3.8) is 0 Å². The molecule has 3 heterocycles. The van der Waals surface area contributed by atoms with E-state index in [0.29, 0.717) is 35.5 Å². The van der Waals surface area contributed by atoms with Gasteiger partial charge in [0, 0.05) is 24.7 Å². The Morgan fingerprint density at radius 2 is 2.00 bits per heavy atom. The predicted octanol–water partition coefficient (Wildman–Crippen LogP) is 2.38. The summed E-state index contributed by atoms with van der Waals surface area (Å²) in [5.74, 6) is 2.24. The fraction of sp³-hybridized carbons (Fsp3) is 0.400. The molecule has 1 aromatic carbocycles. The van der Waals surface area contributed by atoms with E-state index in [1.807, 2.05) is 29.2 Å². The number of nitrogens with zero attached hydrogens (tertiary/aromatic N) is 4. The number of likely N-dealkylation sites (tertiary alicyclic amines) is 1. The van der Waals surface area contributed by atoms with E-state index in [1.165, 1.54) is 23.8 Å². The van der Waals surface area contributed by atoms with Crippen LogP contribution in [0.5, 0.6) is 0 Å². The third-order valence-corrected chi connectivity index (χ3v) is 5.96. The molecular weight excluding hydrogens is 358 g/mol. The Morgan fingerprint density at radius 3 is 2.61 bits per heavy atom. The third-order valence-electron chi connectivity index (χ3n) is 5.96. The Hall–Kier alpha value is -3.16. The van der Waals surface area contributed by atoms with Gasteiger partial charge in [0.05, 0.1) is 12.2 Å². The standard InChI is InChI=1S/C20H21N5O3/c1-24-18(22-23-20(24)27)17-15(12-2-3-12)8-9-25(17)19(26)14-6-4-13(5-7-14)16-10-21-11-28-16/h4-7,10-12,15,17H,2-3,8-9H2,1H3,(H,23,27). The maximum absolute atomic E-state index is 13.3. The van der Waals surface area contributed by atoms with Crippen molar-refractivity contribution in [1.82, 2.24) is 24.6 Å². The molecule has 1 N–H and O–H groups in total. The Labute approximate surface area is 161 Å². The first-order valence-corrected chi connectivity index (χ1v) is 9.54. The van der Waals surface area contributed by atoms with E-state index in [4.69, 9.17) is 4.42 Å². The van der Waals surface area contributed by atoms with Crippen LogP contribution in [0.1, 0.15) is 41.5 Å². The van der Waals surface area contributed by atoms with E-state index in [1.54, 1.807) is 13.2 Å². The van der Waals surface area contributed by atoms with E-state index >= 15 is 0 Å². The van der Waals surface area contributed by atoms with Crippen molar-refractivity contribution in [3.8, 4) is 11.3 Å². The highest BCUT2D eigenvalue weighted by Crippen LogP contribution is 2.50. The highest BCUT2D eigenvalue weighted by molar-refractivity contribution is 5.95. The SMILES string of the molecule is Cn1c(C2C(C3CC3)CCN2C(=O)c2ccc(-c3cnco3)cc2)n[nH]c1=O. The molecule has 2 atom stereocenters. The van der Waals surface area contributed by atoms with Gasteiger partial charge in [-0.3, -0.25) is 9.36 Å². The van der Waals surface area contributed by atoms with Gasteiger partial charge >= 0.3 is 5.69 Å². The summed E-state index contributed by atoms with van der Waals surface area (Å²) in [4.78, 5) is 31.0. The maximum atomic E-state index is 13.3.